The maximum atomic E-state index is 13.0. The van der Waals surface area contributed by atoms with Crippen molar-refractivity contribution in [3.63, 3.8) is 0 Å². The molecule has 0 spiro atoms. The second-order valence-electron chi connectivity index (χ2n) is 12.2. The van der Waals surface area contributed by atoms with E-state index in [2.05, 4.69) is 54.5 Å². The average Bonchev–Trinajstić information content (AvgIpc) is 3.33. The Kier molecular flexibility index (Phi) is 8.45. The number of benzene rings is 1. The summed E-state index contributed by atoms with van der Waals surface area (Å²) in [6.07, 6.45) is 0.0182. The Bertz CT molecular complexity index is 1590. The van der Waals surface area contributed by atoms with Gasteiger partial charge in [-0.05, 0) is 42.4 Å². The molecule has 2 N–H and O–H groups in total. The van der Waals surface area contributed by atoms with E-state index in [1.54, 1.807) is 34.9 Å². The SMILES string of the molecule is COc1ccc2ncc(=O)n(C[C@@H](CNC[C@@H]3CN(c4ccc5c(c4)NC(=O)CO5)C(=O)O3)O[Si](C)(C)C(C)(C)C)c2n1. The van der Waals surface area contributed by atoms with Gasteiger partial charge in [-0.25, -0.2) is 9.78 Å². The van der Waals surface area contributed by atoms with Gasteiger partial charge in [-0.1, -0.05) is 20.8 Å². The van der Waals surface area contributed by atoms with Crippen LogP contribution in [0.5, 0.6) is 11.6 Å². The number of rotatable bonds is 10. The fraction of sp³-hybridized carbons (Fsp3) is 0.483. The van der Waals surface area contributed by atoms with Crippen LogP contribution >= 0.6 is 0 Å². The zero-order valence-corrected chi connectivity index (χ0v) is 26.3. The number of carbonyl (C=O) groups excluding carboxylic acids is 2. The third-order valence-electron chi connectivity index (χ3n) is 8.05. The zero-order valence-electron chi connectivity index (χ0n) is 25.3. The van der Waals surface area contributed by atoms with E-state index in [1.807, 2.05) is 0 Å². The van der Waals surface area contributed by atoms with Crippen LogP contribution in [0.2, 0.25) is 18.1 Å². The summed E-state index contributed by atoms with van der Waals surface area (Å²) in [4.78, 5) is 47.7. The molecule has 3 aromatic rings. The van der Waals surface area contributed by atoms with Crippen LogP contribution in [0.1, 0.15) is 20.8 Å². The second-order valence-corrected chi connectivity index (χ2v) is 17.0. The van der Waals surface area contributed by atoms with Gasteiger partial charge in [0.1, 0.15) is 17.4 Å². The normalized spacial score (nSPS) is 17.7. The van der Waals surface area contributed by atoms with E-state index in [1.165, 1.54) is 18.2 Å². The maximum absolute atomic E-state index is 13.0. The number of hydrogen-bond acceptors (Lipinski definition) is 10. The number of hydrogen-bond donors (Lipinski definition) is 2. The van der Waals surface area contributed by atoms with Crippen molar-refractivity contribution in [3.8, 4) is 11.6 Å². The molecule has 4 heterocycles. The second kappa shape index (κ2) is 11.9. The molecule has 2 atom stereocenters. The standard InChI is InChI=1S/C29H38N6O7Si/c1-29(2,3)43(5,6)42-20(16-35-26(37)14-31-21-8-10-25(39-4)33-27(21)35)13-30-12-19-15-34(28(38)41-19)18-7-9-23-22(11-18)32-24(36)17-40-23/h7-11,14,19-20,30H,12-13,15-17H2,1-6H3,(H,32,36)/t19-,20-/m1/s1. The van der Waals surface area contributed by atoms with Gasteiger partial charge in [0.25, 0.3) is 11.5 Å². The summed E-state index contributed by atoms with van der Waals surface area (Å²) >= 11 is 0. The summed E-state index contributed by atoms with van der Waals surface area (Å²) in [5.74, 6) is 0.689. The van der Waals surface area contributed by atoms with Crippen LogP contribution < -0.4 is 30.6 Å². The number of ether oxygens (including phenoxy) is 3. The number of pyridine rings is 1. The fourth-order valence-electron chi connectivity index (χ4n) is 4.74. The Hall–Kier alpha value is -4.01. The van der Waals surface area contributed by atoms with E-state index < -0.39 is 20.5 Å². The molecular weight excluding hydrogens is 572 g/mol. The quantitative estimate of drug-likeness (QED) is 0.328. The molecule has 230 valence electrons. The number of fused-ring (bicyclic) bond motifs is 2. The maximum Gasteiger partial charge on any atom is 0.414 e. The lowest BCUT2D eigenvalue weighted by Gasteiger charge is -2.39. The molecule has 2 aliphatic heterocycles. The van der Waals surface area contributed by atoms with Crippen molar-refractivity contribution in [2.45, 2.75) is 57.7 Å². The van der Waals surface area contributed by atoms with Crippen LogP contribution in [0.15, 0.2) is 41.3 Å². The lowest BCUT2D eigenvalue weighted by molar-refractivity contribution is -0.118. The first-order valence-corrected chi connectivity index (χ1v) is 17.1. The first-order chi connectivity index (χ1) is 20.3. The summed E-state index contributed by atoms with van der Waals surface area (Å²) in [6, 6.07) is 8.65. The average molecular weight is 611 g/mol. The Labute approximate surface area is 250 Å². The summed E-state index contributed by atoms with van der Waals surface area (Å²) in [5.41, 5.74) is 1.82. The van der Waals surface area contributed by atoms with Gasteiger partial charge >= 0.3 is 6.09 Å². The van der Waals surface area contributed by atoms with Crippen molar-refractivity contribution in [2.24, 2.45) is 0 Å². The van der Waals surface area contributed by atoms with Gasteiger partial charge < -0.3 is 29.3 Å². The molecule has 2 aromatic heterocycles. The summed E-state index contributed by atoms with van der Waals surface area (Å²) in [7, 11) is -0.716. The fourth-order valence-corrected chi connectivity index (χ4v) is 6.08. The number of nitrogens with one attached hydrogen (secondary N) is 2. The topological polar surface area (TPSA) is 146 Å². The lowest BCUT2D eigenvalue weighted by Crippen LogP contribution is -2.49. The van der Waals surface area contributed by atoms with Gasteiger partial charge in [0.05, 0.1) is 38.2 Å². The highest BCUT2D eigenvalue weighted by atomic mass is 28.4. The van der Waals surface area contributed by atoms with E-state index in [9.17, 15) is 14.4 Å². The van der Waals surface area contributed by atoms with Crippen LogP contribution in [0.25, 0.3) is 11.2 Å². The van der Waals surface area contributed by atoms with Crippen LogP contribution in [-0.2, 0) is 20.5 Å². The van der Waals surface area contributed by atoms with Crippen molar-refractivity contribution in [1.82, 2.24) is 19.9 Å². The van der Waals surface area contributed by atoms with Gasteiger partial charge in [-0.15, -0.1) is 0 Å². The number of cyclic esters (lactones) is 1. The van der Waals surface area contributed by atoms with Crippen molar-refractivity contribution in [3.05, 3.63) is 46.9 Å². The van der Waals surface area contributed by atoms with Crippen molar-refractivity contribution in [1.29, 1.82) is 0 Å². The molecular formula is C29H38N6O7Si. The van der Waals surface area contributed by atoms with E-state index in [0.717, 1.165) is 0 Å². The van der Waals surface area contributed by atoms with Gasteiger partial charge in [-0.2, -0.15) is 4.98 Å². The summed E-state index contributed by atoms with van der Waals surface area (Å²) < 4.78 is 24.7. The Morgan fingerprint density at radius 1 is 1.19 bits per heavy atom. The van der Waals surface area contributed by atoms with E-state index >= 15 is 0 Å². The molecule has 0 radical (unpaired) electrons. The molecule has 1 aromatic carbocycles. The molecule has 2 aliphatic rings. The molecule has 1 saturated heterocycles. The molecule has 0 aliphatic carbocycles. The molecule has 0 bridgehead atoms. The third-order valence-corrected chi connectivity index (χ3v) is 12.6. The first kappa shape index (κ1) is 30.4. The number of amides is 2. The van der Waals surface area contributed by atoms with E-state index in [4.69, 9.17) is 18.6 Å². The predicted molar refractivity (Wildman–Crippen MR) is 163 cm³/mol. The van der Waals surface area contributed by atoms with Gasteiger partial charge in [0.15, 0.2) is 20.6 Å². The molecule has 0 saturated carbocycles. The number of nitrogens with zero attached hydrogens (tertiary/aromatic N) is 4. The molecule has 14 heteroatoms. The Morgan fingerprint density at radius 3 is 2.72 bits per heavy atom. The van der Waals surface area contributed by atoms with Gasteiger partial charge in [0.2, 0.25) is 5.88 Å². The molecule has 2 amide bonds. The number of anilines is 2. The highest BCUT2D eigenvalue weighted by Crippen LogP contribution is 2.37. The molecule has 5 rings (SSSR count). The Morgan fingerprint density at radius 2 is 1.98 bits per heavy atom. The van der Waals surface area contributed by atoms with Gasteiger partial charge in [-0.3, -0.25) is 19.1 Å². The van der Waals surface area contributed by atoms with Crippen LogP contribution in [0, 0.1) is 0 Å². The lowest BCUT2D eigenvalue weighted by atomic mass is 10.2. The largest absolute Gasteiger partial charge is 0.482 e. The zero-order chi connectivity index (χ0) is 30.9. The third kappa shape index (κ3) is 6.65. The summed E-state index contributed by atoms with van der Waals surface area (Å²) in [5, 5.41) is 6.11. The monoisotopic (exact) mass is 610 g/mol. The number of methoxy groups -OCH3 is 1. The first-order valence-electron chi connectivity index (χ1n) is 14.2. The van der Waals surface area contributed by atoms with Crippen LogP contribution in [-0.4, -0.2) is 80.4 Å². The molecule has 1 fully saturated rings. The van der Waals surface area contributed by atoms with Crippen molar-refractivity contribution >= 4 is 42.9 Å². The summed E-state index contributed by atoms with van der Waals surface area (Å²) in [6.45, 7) is 12.1. The minimum absolute atomic E-state index is 0.0390. The molecule has 0 unspecified atom stereocenters. The van der Waals surface area contributed by atoms with Crippen LogP contribution in [0.4, 0.5) is 16.2 Å². The minimum atomic E-state index is -2.24. The van der Waals surface area contributed by atoms with E-state index in [0.29, 0.717) is 53.8 Å². The number of aromatic nitrogens is 3. The van der Waals surface area contributed by atoms with Crippen LogP contribution in [0.3, 0.4) is 0 Å². The van der Waals surface area contributed by atoms with E-state index in [-0.39, 0.29) is 35.8 Å². The number of carbonyl (C=O) groups is 2. The van der Waals surface area contributed by atoms with Crippen molar-refractivity contribution in [2.75, 3.05) is 43.6 Å². The molecule has 13 nitrogen and oxygen atoms in total. The highest BCUT2D eigenvalue weighted by molar-refractivity contribution is 6.74. The van der Waals surface area contributed by atoms with Gasteiger partial charge in [0, 0.05) is 24.8 Å². The highest BCUT2D eigenvalue weighted by Gasteiger charge is 2.39. The predicted octanol–water partition coefficient (Wildman–Crippen LogP) is 3.14. The van der Waals surface area contributed by atoms with Crippen molar-refractivity contribution < 1.29 is 28.2 Å². The molecule has 43 heavy (non-hydrogen) atoms. The smallest absolute Gasteiger partial charge is 0.414 e. The minimum Gasteiger partial charge on any atom is -0.482 e. The Balaban J connectivity index is 1.29.